The van der Waals surface area contributed by atoms with Crippen molar-refractivity contribution in [3.8, 4) is 0 Å². The van der Waals surface area contributed by atoms with Crippen LogP contribution in [0.1, 0.15) is 86.7 Å². The van der Waals surface area contributed by atoms with Crippen molar-refractivity contribution in [3.63, 3.8) is 0 Å². The molecule has 3 aliphatic rings. The first kappa shape index (κ1) is 28.1. The maximum absolute atomic E-state index is 14.3. The third-order valence-corrected chi connectivity index (χ3v) is 8.07. The number of hydrogen-bond acceptors (Lipinski definition) is 6. The predicted octanol–water partition coefficient (Wildman–Crippen LogP) is 3.75. The van der Waals surface area contributed by atoms with E-state index < -0.39 is 30.0 Å². The molecule has 0 radical (unpaired) electrons. The van der Waals surface area contributed by atoms with Crippen molar-refractivity contribution in [1.29, 1.82) is 0 Å². The Morgan fingerprint density at radius 1 is 1.26 bits per heavy atom. The maximum Gasteiger partial charge on any atom is 0.249 e. The number of ether oxygens (including phenoxy) is 1. The standard InChI is InChI=1S/C28H40N6O4/c1-5-10-33-11-8-17(9-12-33)18-6-7-19(26(29)36)20(13-18)21(14-28(2,3)4)27(37)34-15-22(31-32-30)25-24(34)23(35)16-38-25/h6-7,13,17,21-22,24-25H,5,8-12,14-16H2,1-4H3,(H2,29,36)/t21-,22+,24+,25+/m0/s1. The number of carbonyl (C=O) groups excluding carboxylic acids is 3. The molecule has 1 aromatic rings. The molecular weight excluding hydrogens is 484 g/mol. The van der Waals surface area contributed by atoms with Crippen LogP contribution in [0, 0.1) is 5.41 Å². The van der Waals surface area contributed by atoms with Crippen molar-refractivity contribution in [3.05, 3.63) is 45.3 Å². The number of amides is 2. The lowest BCUT2D eigenvalue weighted by atomic mass is 9.77. The van der Waals surface area contributed by atoms with Gasteiger partial charge in [-0.3, -0.25) is 14.4 Å². The molecule has 2 amide bonds. The van der Waals surface area contributed by atoms with E-state index in [9.17, 15) is 14.4 Å². The lowest BCUT2D eigenvalue weighted by Crippen LogP contribution is -2.45. The van der Waals surface area contributed by atoms with Gasteiger partial charge < -0.3 is 20.3 Å². The number of piperidine rings is 1. The third kappa shape index (κ3) is 5.87. The lowest BCUT2D eigenvalue weighted by Gasteiger charge is -2.34. The number of ketones is 1. The summed E-state index contributed by atoms with van der Waals surface area (Å²) in [6, 6.07) is 4.31. The van der Waals surface area contributed by atoms with Crippen LogP contribution in [0.15, 0.2) is 23.3 Å². The van der Waals surface area contributed by atoms with Gasteiger partial charge in [0, 0.05) is 17.0 Å². The molecule has 206 valence electrons. The average Bonchev–Trinajstić information content (AvgIpc) is 3.43. The van der Waals surface area contributed by atoms with E-state index in [0.717, 1.165) is 44.5 Å². The molecule has 3 heterocycles. The first-order valence-electron chi connectivity index (χ1n) is 13.7. The number of fused-ring (bicyclic) bond motifs is 1. The lowest BCUT2D eigenvalue weighted by molar-refractivity contribution is -0.138. The Bertz CT molecular complexity index is 1120. The Hall–Kier alpha value is -2.94. The summed E-state index contributed by atoms with van der Waals surface area (Å²) in [7, 11) is 0. The predicted molar refractivity (Wildman–Crippen MR) is 144 cm³/mol. The van der Waals surface area contributed by atoms with Crippen molar-refractivity contribution >= 4 is 17.6 Å². The van der Waals surface area contributed by atoms with Crippen LogP contribution in [0.25, 0.3) is 10.4 Å². The fraction of sp³-hybridized carbons (Fsp3) is 0.679. The molecule has 10 nitrogen and oxygen atoms in total. The minimum atomic E-state index is -0.788. The molecular formula is C28H40N6O4. The van der Waals surface area contributed by atoms with Crippen molar-refractivity contribution in [2.45, 2.75) is 83.4 Å². The summed E-state index contributed by atoms with van der Waals surface area (Å²) in [5.41, 5.74) is 16.7. The summed E-state index contributed by atoms with van der Waals surface area (Å²) in [5, 5.41) is 3.81. The maximum atomic E-state index is 14.3. The Labute approximate surface area is 224 Å². The van der Waals surface area contributed by atoms with Gasteiger partial charge in [0.2, 0.25) is 11.8 Å². The number of benzene rings is 1. The summed E-state index contributed by atoms with van der Waals surface area (Å²) >= 11 is 0. The number of rotatable bonds is 8. The van der Waals surface area contributed by atoms with Crippen molar-refractivity contribution in [2.24, 2.45) is 16.3 Å². The fourth-order valence-corrected chi connectivity index (χ4v) is 6.32. The Kier molecular flexibility index (Phi) is 8.45. The molecule has 38 heavy (non-hydrogen) atoms. The van der Waals surface area contributed by atoms with E-state index in [1.54, 1.807) is 6.07 Å². The molecule has 0 bridgehead atoms. The summed E-state index contributed by atoms with van der Waals surface area (Å²) in [5.74, 6) is -1.39. The molecule has 0 unspecified atom stereocenters. The van der Waals surface area contributed by atoms with Gasteiger partial charge in [0.1, 0.15) is 12.6 Å². The highest BCUT2D eigenvalue weighted by molar-refractivity contribution is 5.99. The molecule has 4 rings (SSSR count). The molecule has 0 saturated carbocycles. The van der Waals surface area contributed by atoms with Crippen molar-refractivity contribution in [1.82, 2.24) is 9.80 Å². The number of hydrogen-bond donors (Lipinski definition) is 1. The summed E-state index contributed by atoms with van der Waals surface area (Å²) < 4.78 is 5.62. The van der Waals surface area contributed by atoms with E-state index in [-0.39, 0.29) is 30.3 Å². The quantitative estimate of drug-likeness (QED) is 0.313. The molecule has 2 N–H and O–H groups in total. The van der Waals surface area contributed by atoms with Gasteiger partial charge in [-0.05, 0) is 79.4 Å². The van der Waals surface area contributed by atoms with Crippen LogP contribution in [0.2, 0.25) is 0 Å². The zero-order chi connectivity index (χ0) is 27.6. The fourth-order valence-electron chi connectivity index (χ4n) is 6.32. The molecule has 1 aromatic carbocycles. The van der Waals surface area contributed by atoms with Crippen molar-refractivity contribution in [2.75, 3.05) is 32.8 Å². The first-order valence-corrected chi connectivity index (χ1v) is 13.7. The van der Waals surface area contributed by atoms with Crippen molar-refractivity contribution < 1.29 is 19.1 Å². The molecule has 3 fully saturated rings. The molecule has 10 heteroatoms. The average molecular weight is 525 g/mol. The Balaban J connectivity index is 1.71. The molecule has 3 saturated heterocycles. The number of nitrogens with zero attached hydrogens (tertiary/aromatic N) is 5. The van der Waals surface area contributed by atoms with Gasteiger partial charge >= 0.3 is 0 Å². The van der Waals surface area contributed by atoms with E-state index >= 15 is 0 Å². The Morgan fingerprint density at radius 2 is 1.97 bits per heavy atom. The summed E-state index contributed by atoms with van der Waals surface area (Å²) in [4.78, 5) is 46.5. The molecule has 4 atom stereocenters. The number of likely N-dealkylation sites (tertiary alicyclic amines) is 2. The van der Waals surface area contributed by atoms with Crippen LogP contribution in [0.5, 0.6) is 0 Å². The molecule has 0 spiro atoms. The van der Waals surface area contributed by atoms with E-state index in [1.165, 1.54) is 4.90 Å². The first-order chi connectivity index (χ1) is 18.0. The number of carbonyl (C=O) groups is 3. The SMILES string of the molecule is CCCN1CCC(c2ccc(C(N)=O)c([C@H](CC(C)(C)C)C(=O)N3C[C@@H](N=[N+]=[N-])[C@H]4OCC(=O)[C@H]43)c2)CC1. The van der Waals surface area contributed by atoms with Gasteiger partial charge in [-0.1, -0.05) is 44.9 Å². The van der Waals surface area contributed by atoms with Gasteiger partial charge in [-0.15, -0.1) is 0 Å². The monoisotopic (exact) mass is 524 g/mol. The van der Waals surface area contributed by atoms with E-state index in [4.69, 9.17) is 16.0 Å². The molecule has 3 aliphatic heterocycles. The van der Waals surface area contributed by atoms with Crippen LogP contribution in [0.3, 0.4) is 0 Å². The van der Waals surface area contributed by atoms with Crippen LogP contribution >= 0.6 is 0 Å². The summed E-state index contributed by atoms with van der Waals surface area (Å²) in [6.07, 6.45) is 2.98. The second-order valence-electron chi connectivity index (χ2n) is 12.1. The van der Waals surface area contributed by atoms with Crippen LogP contribution in [0.4, 0.5) is 0 Å². The zero-order valence-electron chi connectivity index (χ0n) is 22.9. The van der Waals surface area contributed by atoms with Gasteiger partial charge in [0.25, 0.3) is 0 Å². The van der Waals surface area contributed by atoms with Crippen LogP contribution in [-0.2, 0) is 14.3 Å². The van der Waals surface area contributed by atoms with Crippen LogP contribution < -0.4 is 5.73 Å². The van der Waals surface area contributed by atoms with Gasteiger partial charge in [0.15, 0.2) is 5.78 Å². The number of primary amides is 1. The zero-order valence-corrected chi connectivity index (χ0v) is 22.9. The summed E-state index contributed by atoms with van der Waals surface area (Å²) in [6.45, 7) is 11.5. The van der Waals surface area contributed by atoms with E-state index in [0.29, 0.717) is 23.5 Å². The minimum Gasteiger partial charge on any atom is -0.367 e. The second-order valence-corrected chi connectivity index (χ2v) is 12.1. The van der Waals surface area contributed by atoms with Gasteiger partial charge in [-0.25, -0.2) is 0 Å². The third-order valence-electron chi connectivity index (χ3n) is 8.07. The number of azide groups is 1. The Morgan fingerprint density at radius 3 is 2.58 bits per heavy atom. The topological polar surface area (TPSA) is 142 Å². The molecule has 0 aromatic heterocycles. The number of nitrogens with two attached hydrogens (primary N) is 1. The van der Waals surface area contributed by atoms with Gasteiger partial charge in [0.05, 0.1) is 18.1 Å². The smallest absolute Gasteiger partial charge is 0.249 e. The van der Waals surface area contributed by atoms with E-state index in [1.807, 2.05) is 32.9 Å². The molecule has 0 aliphatic carbocycles. The highest BCUT2D eigenvalue weighted by atomic mass is 16.5. The highest BCUT2D eigenvalue weighted by Gasteiger charge is 2.53. The largest absolute Gasteiger partial charge is 0.367 e. The number of Topliss-reactive ketones (excluding diaryl/α,β-unsaturated/α-hetero) is 1. The minimum absolute atomic E-state index is 0.103. The highest BCUT2D eigenvalue weighted by Crippen LogP contribution is 2.40. The normalized spacial score (nSPS) is 25.2. The van der Waals surface area contributed by atoms with Gasteiger partial charge in [-0.2, -0.15) is 0 Å². The second kappa shape index (κ2) is 11.4. The van der Waals surface area contributed by atoms with Crippen LogP contribution in [-0.4, -0.2) is 78.4 Å². The van der Waals surface area contributed by atoms with E-state index in [2.05, 4.69) is 21.8 Å².